The molecular formula is C15H16ClNO3S2. The maximum Gasteiger partial charge on any atom is 0.179 e. The van der Waals surface area contributed by atoms with Crippen LogP contribution in [0.4, 0.5) is 5.69 Å². The molecule has 1 unspecified atom stereocenters. The highest BCUT2D eigenvalue weighted by molar-refractivity contribution is 8.08. The molecule has 0 aromatic heterocycles. The number of nitrogen functional groups attached to an aromatic ring is 1. The van der Waals surface area contributed by atoms with Gasteiger partial charge in [0.05, 0.1) is 10.6 Å². The Labute approximate surface area is 140 Å². The number of hydrogen-bond donors (Lipinski definition) is 1. The highest BCUT2D eigenvalue weighted by atomic mass is 35.5. The van der Waals surface area contributed by atoms with Crippen molar-refractivity contribution < 1.29 is 13.2 Å². The Hall–Kier alpha value is -1.37. The second kappa shape index (κ2) is 6.81. The van der Waals surface area contributed by atoms with Crippen molar-refractivity contribution >= 4 is 39.7 Å². The minimum Gasteiger partial charge on any atom is -0.457 e. The number of anilines is 1. The van der Waals surface area contributed by atoms with Gasteiger partial charge in [0.15, 0.2) is 9.84 Å². The van der Waals surface area contributed by atoms with Crippen molar-refractivity contribution in [2.45, 2.75) is 10.1 Å². The second-order valence-electron chi connectivity index (χ2n) is 4.88. The molecular weight excluding hydrogens is 342 g/mol. The molecule has 1 fully saturated rings. The highest BCUT2D eigenvalue weighted by Crippen LogP contribution is 2.33. The largest absolute Gasteiger partial charge is 0.457 e. The van der Waals surface area contributed by atoms with Gasteiger partial charge in [-0.15, -0.1) is 12.4 Å². The molecule has 22 heavy (non-hydrogen) atoms. The van der Waals surface area contributed by atoms with Crippen molar-refractivity contribution in [3.63, 3.8) is 0 Å². The fourth-order valence-corrected chi connectivity index (χ4v) is 4.57. The van der Waals surface area contributed by atoms with Crippen molar-refractivity contribution in [3.8, 4) is 11.5 Å². The molecule has 118 valence electrons. The summed E-state index contributed by atoms with van der Waals surface area (Å²) in [6, 6.07) is 13.6. The quantitative estimate of drug-likeness (QED) is 0.656. The van der Waals surface area contributed by atoms with Crippen molar-refractivity contribution in [3.05, 3.63) is 48.5 Å². The normalized spacial score (nSPS) is 16.6. The molecule has 0 aliphatic carbocycles. The second-order valence-corrected chi connectivity index (χ2v) is 8.25. The van der Waals surface area contributed by atoms with Crippen LogP contribution in [0.3, 0.4) is 0 Å². The molecule has 1 atom stereocenters. The molecule has 2 aromatic carbocycles. The predicted molar refractivity (Wildman–Crippen MR) is 92.9 cm³/mol. The van der Waals surface area contributed by atoms with Gasteiger partial charge in [0.2, 0.25) is 0 Å². The number of thioether (sulfide) groups is 1. The number of hydrogen-bond acceptors (Lipinski definition) is 5. The zero-order valence-corrected chi connectivity index (χ0v) is 14.1. The smallest absolute Gasteiger partial charge is 0.179 e. The van der Waals surface area contributed by atoms with E-state index in [9.17, 15) is 8.42 Å². The van der Waals surface area contributed by atoms with Crippen LogP contribution in [0, 0.1) is 0 Å². The van der Waals surface area contributed by atoms with E-state index in [0.29, 0.717) is 22.1 Å². The van der Waals surface area contributed by atoms with E-state index in [0.717, 1.165) is 5.75 Å². The molecule has 1 aliphatic heterocycles. The van der Waals surface area contributed by atoms with Crippen LogP contribution in [0.15, 0.2) is 53.4 Å². The van der Waals surface area contributed by atoms with Crippen LogP contribution in [0.1, 0.15) is 0 Å². The third-order valence-electron chi connectivity index (χ3n) is 3.11. The first kappa shape index (κ1) is 17.0. The van der Waals surface area contributed by atoms with Crippen molar-refractivity contribution in [2.24, 2.45) is 0 Å². The molecule has 0 saturated carbocycles. The van der Waals surface area contributed by atoms with Gasteiger partial charge in [-0.1, -0.05) is 0 Å². The molecule has 1 heterocycles. The van der Waals surface area contributed by atoms with E-state index in [1.165, 1.54) is 0 Å². The van der Waals surface area contributed by atoms with Gasteiger partial charge >= 0.3 is 0 Å². The summed E-state index contributed by atoms with van der Waals surface area (Å²) in [7, 11) is -3.19. The number of nitrogens with two attached hydrogens (primary N) is 1. The lowest BCUT2D eigenvalue weighted by Crippen LogP contribution is -2.10. The van der Waals surface area contributed by atoms with Crippen LogP contribution in [-0.4, -0.2) is 25.2 Å². The Bertz CT molecular complexity index is 726. The number of ether oxygens (including phenoxy) is 1. The molecule has 0 spiro atoms. The Morgan fingerprint density at radius 1 is 1.05 bits per heavy atom. The lowest BCUT2D eigenvalue weighted by atomic mass is 10.3. The summed E-state index contributed by atoms with van der Waals surface area (Å²) in [5.74, 6) is 2.42. The molecule has 0 radical (unpaired) electrons. The van der Waals surface area contributed by atoms with Crippen LogP contribution in [-0.2, 0) is 9.84 Å². The summed E-state index contributed by atoms with van der Waals surface area (Å²) in [5, 5.41) is 0.265. The van der Waals surface area contributed by atoms with Crippen molar-refractivity contribution in [1.29, 1.82) is 0 Å². The van der Waals surface area contributed by atoms with Crippen molar-refractivity contribution in [1.82, 2.24) is 0 Å². The minimum absolute atomic E-state index is 0. The molecule has 3 rings (SSSR count). The summed E-state index contributed by atoms with van der Waals surface area (Å²) < 4.78 is 29.9. The first-order valence-corrected chi connectivity index (χ1v) is 9.21. The average Bonchev–Trinajstić information content (AvgIpc) is 3.25. The van der Waals surface area contributed by atoms with Crippen LogP contribution >= 0.6 is 24.2 Å². The SMILES string of the molecule is Cl.Nc1ccc(Oc2ccc(S(=O)(=O)CC3CS3)cc2)cc1. The fraction of sp³-hybridized carbons (Fsp3) is 0.200. The average molecular weight is 358 g/mol. The van der Waals surface area contributed by atoms with E-state index in [1.807, 2.05) is 0 Å². The van der Waals surface area contributed by atoms with E-state index >= 15 is 0 Å². The molecule has 1 aliphatic rings. The van der Waals surface area contributed by atoms with Crippen molar-refractivity contribution in [2.75, 3.05) is 17.2 Å². The van der Waals surface area contributed by atoms with Gasteiger partial charge in [-0.2, -0.15) is 11.8 Å². The van der Waals surface area contributed by atoms with E-state index in [2.05, 4.69) is 0 Å². The Kier molecular flexibility index (Phi) is 5.26. The molecule has 2 N–H and O–H groups in total. The lowest BCUT2D eigenvalue weighted by molar-refractivity contribution is 0.482. The maximum absolute atomic E-state index is 12.1. The predicted octanol–water partition coefficient (Wildman–Crippen LogP) is 3.37. The summed E-state index contributed by atoms with van der Waals surface area (Å²) in [4.78, 5) is 0.347. The first-order valence-electron chi connectivity index (χ1n) is 6.51. The van der Waals surface area contributed by atoms with Gasteiger partial charge in [-0.25, -0.2) is 8.42 Å². The molecule has 2 aromatic rings. The first-order chi connectivity index (χ1) is 10.0. The van der Waals surface area contributed by atoms with Gasteiger partial charge in [-0.05, 0) is 48.5 Å². The molecule has 1 saturated heterocycles. The van der Waals surface area contributed by atoms with Gasteiger partial charge < -0.3 is 10.5 Å². The Morgan fingerprint density at radius 2 is 1.55 bits per heavy atom. The number of halogens is 1. The molecule has 0 amide bonds. The molecule has 0 bridgehead atoms. The van der Waals surface area contributed by atoms with E-state index in [-0.39, 0.29) is 23.4 Å². The van der Waals surface area contributed by atoms with E-state index in [1.54, 1.807) is 60.3 Å². The number of rotatable bonds is 5. The van der Waals surface area contributed by atoms with Gasteiger partial charge in [-0.3, -0.25) is 0 Å². The van der Waals surface area contributed by atoms with Gasteiger partial charge in [0.1, 0.15) is 11.5 Å². The Morgan fingerprint density at radius 3 is 2.05 bits per heavy atom. The molecule has 7 heteroatoms. The van der Waals surface area contributed by atoms with Gasteiger partial charge in [0, 0.05) is 16.7 Å². The zero-order valence-electron chi connectivity index (χ0n) is 11.6. The third-order valence-corrected chi connectivity index (χ3v) is 6.12. The maximum atomic E-state index is 12.1. The molecule has 4 nitrogen and oxygen atoms in total. The standard InChI is InChI=1S/C15H15NO3S2.ClH/c16-11-1-3-12(4-2-11)19-13-5-7-15(8-6-13)21(17,18)10-14-9-20-14;/h1-8,14H,9-10,16H2;1H. The third kappa shape index (κ3) is 4.32. The van der Waals surface area contributed by atoms with Crippen LogP contribution in [0.25, 0.3) is 0 Å². The fourth-order valence-electron chi connectivity index (χ4n) is 1.89. The Balaban J connectivity index is 0.00000176. The minimum atomic E-state index is -3.19. The topological polar surface area (TPSA) is 69.4 Å². The highest BCUT2D eigenvalue weighted by Gasteiger charge is 2.29. The zero-order chi connectivity index (χ0) is 14.9. The number of sulfone groups is 1. The summed E-state index contributed by atoms with van der Waals surface area (Å²) in [6.07, 6.45) is 0. The summed E-state index contributed by atoms with van der Waals surface area (Å²) in [5.41, 5.74) is 6.28. The summed E-state index contributed by atoms with van der Waals surface area (Å²) in [6.45, 7) is 0. The number of benzene rings is 2. The lowest BCUT2D eigenvalue weighted by Gasteiger charge is -2.07. The van der Waals surface area contributed by atoms with Crippen LogP contribution in [0.2, 0.25) is 0 Å². The van der Waals surface area contributed by atoms with E-state index in [4.69, 9.17) is 10.5 Å². The monoisotopic (exact) mass is 357 g/mol. The van der Waals surface area contributed by atoms with Crippen LogP contribution < -0.4 is 10.5 Å². The summed E-state index contributed by atoms with van der Waals surface area (Å²) >= 11 is 1.68. The van der Waals surface area contributed by atoms with Gasteiger partial charge in [0.25, 0.3) is 0 Å². The van der Waals surface area contributed by atoms with Crippen LogP contribution in [0.5, 0.6) is 11.5 Å². The van der Waals surface area contributed by atoms with E-state index < -0.39 is 9.84 Å².